The van der Waals surface area contributed by atoms with E-state index in [4.69, 9.17) is 15.2 Å². The first-order valence-corrected chi connectivity index (χ1v) is 7.12. The van der Waals surface area contributed by atoms with Crippen LogP contribution in [-0.4, -0.2) is 13.7 Å². The number of ether oxygens (including phenoxy) is 2. The maximum atomic E-state index is 5.75. The fraction of sp³-hybridized carbons (Fsp3) is 0.333. The van der Waals surface area contributed by atoms with Gasteiger partial charge in [-0.25, -0.2) is 0 Å². The van der Waals surface area contributed by atoms with E-state index >= 15 is 0 Å². The molecule has 0 bridgehead atoms. The Kier molecular flexibility index (Phi) is 5.39. The van der Waals surface area contributed by atoms with Crippen molar-refractivity contribution in [1.82, 2.24) is 0 Å². The van der Waals surface area contributed by atoms with E-state index in [-0.39, 0.29) is 0 Å². The Morgan fingerprint density at radius 1 is 1.05 bits per heavy atom. The van der Waals surface area contributed by atoms with Gasteiger partial charge in [-0.3, -0.25) is 0 Å². The molecule has 1 aromatic heterocycles. The first-order valence-electron chi connectivity index (χ1n) is 6.30. The SMILES string of the molecule is COCCc1ccc(OCc2ccc(CN)s2)cc1. The zero-order valence-electron chi connectivity index (χ0n) is 11.1. The third-order valence-corrected chi connectivity index (χ3v) is 3.90. The minimum absolute atomic E-state index is 0.596. The molecule has 19 heavy (non-hydrogen) atoms. The summed E-state index contributed by atoms with van der Waals surface area (Å²) < 4.78 is 10.8. The van der Waals surface area contributed by atoms with Gasteiger partial charge in [0.2, 0.25) is 0 Å². The molecule has 102 valence electrons. The lowest BCUT2D eigenvalue weighted by molar-refractivity contribution is 0.202. The monoisotopic (exact) mass is 277 g/mol. The number of methoxy groups -OCH3 is 1. The van der Waals surface area contributed by atoms with Crippen molar-refractivity contribution in [2.45, 2.75) is 19.6 Å². The second-order valence-corrected chi connectivity index (χ2v) is 5.50. The van der Waals surface area contributed by atoms with Crippen molar-refractivity contribution >= 4 is 11.3 Å². The Morgan fingerprint density at radius 3 is 2.42 bits per heavy atom. The highest BCUT2D eigenvalue weighted by molar-refractivity contribution is 7.11. The normalized spacial score (nSPS) is 10.6. The van der Waals surface area contributed by atoms with E-state index < -0.39 is 0 Å². The van der Waals surface area contributed by atoms with E-state index in [1.807, 2.05) is 12.1 Å². The van der Waals surface area contributed by atoms with Crippen molar-refractivity contribution in [3.05, 3.63) is 51.7 Å². The molecule has 2 rings (SSSR count). The summed E-state index contributed by atoms with van der Waals surface area (Å²) in [6.45, 7) is 1.94. The van der Waals surface area contributed by atoms with Gasteiger partial charge < -0.3 is 15.2 Å². The molecule has 0 saturated carbocycles. The minimum Gasteiger partial charge on any atom is -0.488 e. The Morgan fingerprint density at radius 2 is 1.79 bits per heavy atom. The molecule has 0 fully saturated rings. The molecule has 0 unspecified atom stereocenters. The van der Waals surface area contributed by atoms with Crippen LogP contribution < -0.4 is 10.5 Å². The summed E-state index contributed by atoms with van der Waals surface area (Å²) in [4.78, 5) is 2.39. The van der Waals surface area contributed by atoms with E-state index in [2.05, 4.69) is 24.3 Å². The summed E-state index contributed by atoms with van der Waals surface area (Å²) >= 11 is 1.70. The number of hydrogen-bond acceptors (Lipinski definition) is 4. The number of thiophene rings is 1. The van der Waals surface area contributed by atoms with Crippen LogP contribution in [0, 0.1) is 0 Å². The van der Waals surface area contributed by atoms with Crippen LogP contribution in [0.1, 0.15) is 15.3 Å². The molecule has 0 aliphatic heterocycles. The summed E-state index contributed by atoms with van der Waals surface area (Å²) in [6.07, 6.45) is 0.932. The van der Waals surface area contributed by atoms with Gasteiger partial charge in [0.25, 0.3) is 0 Å². The number of hydrogen-bond donors (Lipinski definition) is 1. The van der Waals surface area contributed by atoms with Crippen LogP contribution in [0.25, 0.3) is 0 Å². The van der Waals surface area contributed by atoms with Gasteiger partial charge >= 0.3 is 0 Å². The molecule has 1 heterocycles. The molecule has 0 saturated heterocycles. The average molecular weight is 277 g/mol. The Labute approximate surface area is 118 Å². The van der Waals surface area contributed by atoms with Gasteiger partial charge in [0.15, 0.2) is 0 Å². The predicted octanol–water partition coefficient (Wildman–Crippen LogP) is 2.97. The van der Waals surface area contributed by atoms with Crippen LogP contribution in [0.5, 0.6) is 5.75 Å². The van der Waals surface area contributed by atoms with Crippen molar-refractivity contribution in [3.8, 4) is 5.75 Å². The van der Waals surface area contributed by atoms with E-state index in [0.29, 0.717) is 13.2 Å². The molecule has 3 nitrogen and oxygen atoms in total. The van der Waals surface area contributed by atoms with Crippen LogP contribution in [-0.2, 0) is 24.3 Å². The topological polar surface area (TPSA) is 44.5 Å². The van der Waals surface area contributed by atoms with Crippen molar-refractivity contribution < 1.29 is 9.47 Å². The predicted molar refractivity (Wildman–Crippen MR) is 78.6 cm³/mol. The summed E-state index contributed by atoms with van der Waals surface area (Å²) in [5.74, 6) is 0.892. The highest BCUT2D eigenvalue weighted by atomic mass is 32.1. The minimum atomic E-state index is 0.596. The lowest BCUT2D eigenvalue weighted by Crippen LogP contribution is -1.96. The Hall–Kier alpha value is -1.36. The Balaban J connectivity index is 1.85. The molecule has 0 radical (unpaired) electrons. The highest BCUT2D eigenvalue weighted by Gasteiger charge is 2.00. The molecular formula is C15H19NO2S. The van der Waals surface area contributed by atoms with Crippen LogP contribution in [0.15, 0.2) is 36.4 Å². The summed E-state index contributed by atoms with van der Waals surface area (Å²) in [5.41, 5.74) is 6.85. The molecule has 2 aromatic rings. The van der Waals surface area contributed by atoms with Gasteiger partial charge in [0.05, 0.1) is 6.61 Å². The number of rotatable bonds is 7. The van der Waals surface area contributed by atoms with Crippen molar-refractivity contribution in [2.24, 2.45) is 5.73 Å². The molecule has 4 heteroatoms. The number of benzene rings is 1. The molecule has 0 amide bonds. The van der Waals surface area contributed by atoms with Gasteiger partial charge in [-0.05, 0) is 36.2 Å². The summed E-state index contributed by atoms with van der Waals surface area (Å²) in [6, 6.07) is 12.3. The number of nitrogens with two attached hydrogens (primary N) is 1. The quantitative estimate of drug-likeness (QED) is 0.846. The average Bonchev–Trinajstić information content (AvgIpc) is 2.92. The lowest BCUT2D eigenvalue weighted by Gasteiger charge is -2.06. The maximum absolute atomic E-state index is 5.75. The molecule has 1 aromatic carbocycles. The van der Waals surface area contributed by atoms with Gasteiger partial charge in [-0.15, -0.1) is 11.3 Å². The van der Waals surface area contributed by atoms with E-state index in [1.165, 1.54) is 15.3 Å². The summed E-state index contributed by atoms with van der Waals surface area (Å²) in [7, 11) is 1.72. The van der Waals surface area contributed by atoms with Crippen LogP contribution >= 0.6 is 11.3 Å². The zero-order chi connectivity index (χ0) is 13.5. The largest absolute Gasteiger partial charge is 0.488 e. The van der Waals surface area contributed by atoms with E-state index in [0.717, 1.165) is 18.8 Å². The molecule has 0 spiro atoms. The van der Waals surface area contributed by atoms with Gasteiger partial charge in [0, 0.05) is 23.4 Å². The van der Waals surface area contributed by atoms with Gasteiger partial charge in [-0.2, -0.15) is 0 Å². The highest BCUT2D eigenvalue weighted by Crippen LogP contribution is 2.19. The first-order chi connectivity index (χ1) is 9.31. The van der Waals surface area contributed by atoms with Crippen molar-refractivity contribution in [3.63, 3.8) is 0 Å². The lowest BCUT2D eigenvalue weighted by atomic mass is 10.1. The van der Waals surface area contributed by atoms with Gasteiger partial charge in [-0.1, -0.05) is 12.1 Å². The molecule has 0 atom stereocenters. The molecular weight excluding hydrogens is 258 g/mol. The first kappa shape index (κ1) is 14.1. The van der Waals surface area contributed by atoms with E-state index in [9.17, 15) is 0 Å². The van der Waals surface area contributed by atoms with Crippen LogP contribution in [0.2, 0.25) is 0 Å². The summed E-state index contributed by atoms with van der Waals surface area (Å²) in [5, 5.41) is 0. The van der Waals surface area contributed by atoms with Crippen LogP contribution in [0.4, 0.5) is 0 Å². The smallest absolute Gasteiger partial charge is 0.122 e. The molecule has 2 N–H and O–H groups in total. The molecule has 0 aliphatic carbocycles. The Bertz CT molecular complexity index is 493. The standard InChI is InChI=1S/C15H19NO2S/c1-17-9-8-12-2-4-13(5-3-12)18-11-15-7-6-14(10-16)19-15/h2-7H,8-11,16H2,1H3. The van der Waals surface area contributed by atoms with Crippen LogP contribution in [0.3, 0.4) is 0 Å². The zero-order valence-corrected chi connectivity index (χ0v) is 11.9. The second kappa shape index (κ2) is 7.28. The maximum Gasteiger partial charge on any atom is 0.122 e. The second-order valence-electron chi connectivity index (χ2n) is 4.25. The van der Waals surface area contributed by atoms with Crippen molar-refractivity contribution in [2.75, 3.05) is 13.7 Å². The third-order valence-electron chi connectivity index (χ3n) is 2.82. The van der Waals surface area contributed by atoms with Gasteiger partial charge in [0.1, 0.15) is 12.4 Å². The molecule has 0 aliphatic rings. The third kappa shape index (κ3) is 4.35. The fourth-order valence-electron chi connectivity index (χ4n) is 1.74. The fourth-order valence-corrected chi connectivity index (χ4v) is 2.55. The van der Waals surface area contributed by atoms with Crippen molar-refractivity contribution in [1.29, 1.82) is 0 Å². The van der Waals surface area contributed by atoms with E-state index in [1.54, 1.807) is 18.4 Å².